The molecule has 0 spiro atoms. The molecule has 0 unspecified atom stereocenters. The predicted octanol–water partition coefficient (Wildman–Crippen LogP) is 2.82. The minimum absolute atomic E-state index is 0.168. The number of carbonyl (C=O) groups is 1. The van der Waals surface area contributed by atoms with Gasteiger partial charge < -0.3 is 16.0 Å². The third-order valence-corrected chi connectivity index (χ3v) is 5.04. The van der Waals surface area contributed by atoms with Gasteiger partial charge in [0.2, 0.25) is 0 Å². The molecule has 9 heteroatoms. The van der Waals surface area contributed by atoms with Crippen molar-refractivity contribution >= 4 is 34.8 Å². The molecule has 164 valence electrons. The second-order valence-corrected chi connectivity index (χ2v) is 7.63. The fourth-order valence-corrected chi connectivity index (χ4v) is 2.83. The highest BCUT2D eigenvalue weighted by atomic mass is 32.1. The Morgan fingerprint density at radius 1 is 1.16 bits per heavy atom. The molecule has 0 atom stereocenters. The summed E-state index contributed by atoms with van der Waals surface area (Å²) in [5, 5.41) is 7.64. The van der Waals surface area contributed by atoms with Gasteiger partial charge in [0.05, 0.1) is 17.6 Å². The van der Waals surface area contributed by atoms with Crippen LogP contribution in [0.15, 0.2) is 65.9 Å². The fraction of sp³-hybridized carbons (Fsp3) is 0.174. The van der Waals surface area contributed by atoms with Crippen molar-refractivity contribution in [2.24, 2.45) is 5.10 Å². The summed E-state index contributed by atoms with van der Waals surface area (Å²) in [6.45, 7) is 2.22. The molecular weight excluding hydrogens is 422 g/mol. The van der Waals surface area contributed by atoms with Gasteiger partial charge in [0, 0.05) is 31.8 Å². The monoisotopic (exact) mass is 447 g/mol. The van der Waals surface area contributed by atoms with E-state index in [9.17, 15) is 4.79 Å². The summed E-state index contributed by atoms with van der Waals surface area (Å²) in [5.41, 5.74) is 12.7. The largest absolute Gasteiger partial charge is 0.382 e. The first-order chi connectivity index (χ1) is 15.3. The van der Waals surface area contributed by atoms with Crippen LogP contribution in [0.1, 0.15) is 28.5 Å². The van der Waals surface area contributed by atoms with E-state index in [0.29, 0.717) is 34.3 Å². The van der Waals surface area contributed by atoms with Crippen molar-refractivity contribution in [1.29, 1.82) is 0 Å². The first kappa shape index (κ1) is 22.8. The van der Waals surface area contributed by atoms with Crippen LogP contribution in [0.2, 0.25) is 0 Å². The van der Waals surface area contributed by atoms with Gasteiger partial charge in [0.15, 0.2) is 10.9 Å². The molecule has 0 aliphatic carbocycles. The fourth-order valence-electron chi connectivity index (χ4n) is 2.79. The Morgan fingerprint density at radius 3 is 2.62 bits per heavy atom. The van der Waals surface area contributed by atoms with Crippen LogP contribution in [-0.2, 0) is 6.54 Å². The molecule has 0 aliphatic heterocycles. The van der Waals surface area contributed by atoms with E-state index in [4.69, 9.17) is 18.0 Å². The smallest absolute Gasteiger partial charge is 0.251 e. The topological polar surface area (TPSA) is 109 Å². The van der Waals surface area contributed by atoms with Gasteiger partial charge in [0.25, 0.3) is 5.91 Å². The number of nitrogens with two attached hydrogens (primary N) is 1. The lowest BCUT2D eigenvalue weighted by Crippen LogP contribution is -2.31. The van der Waals surface area contributed by atoms with E-state index in [0.717, 1.165) is 11.1 Å². The Morgan fingerprint density at radius 2 is 1.91 bits per heavy atom. The molecule has 1 amide bonds. The highest BCUT2D eigenvalue weighted by molar-refractivity contribution is 7.80. The first-order valence-corrected chi connectivity index (χ1v) is 10.3. The molecule has 32 heavy (non-hydrogen) atoms. The van der Waals surface area contributed by atoms with Crippen LogP contribution in [0.25, 0.3) is 11.3 Å². The Balaban J connectivity index is 1.79. The molecular formula is C23H25N7OS. The molecule has 8 nitrogen and oxygen atoms in total. The minimum Gasteiger partial charge on any atom is -0.382 e. The molecule has 4 N–H and O–H groups in total. The average Bonchev–Trinajstić information content (AvgIpc) is 2.81. The van der Waals surface area contributed by atoms with E-state index in [-0.39, 0.29) is 11.7 Å². The number of rotatable bonds is 6. The van der Waals surface area contributed by atoms with Crippen molar-refractivity contribution in [2.45, 2.75) is 13.5 Å². The van der Waals surface area contributed by atoms with Crippen molar-refractivity contribution in [3.05, 3.63) is 77.6 Å². The molecule has 1 aromatic heterocycles. The summed E-state index contributed by atoms with van der Waals surface area (Å²) in [5.74, 6) is 0.0859. The zero-order valence-electron chi connectivity index (χ0n) is 18.2. The van der Waals surface area contributed by atoms with Crippen molar-refractivity contribution in [1.82, 2.24) is 25.6 Å². The van der Waals surface area contributed by atoms with Crippen LogP contribution < -0.4 is 16.5 Å². The van der Waals surface area contributed by atoms with E-state index < -0.39 is 0 Å². The van der Waals surface area contributed by atoms with E-state index in [1.165, 1.54) is 0 Å². The summed E-state index contributed by atoms with van der Waals surface area (Å²) < 4.78 is 0. The Hall–Kier alpha value is -3.85. The average molecular weight is 448 g/mol. The summed E-state index contributed by atoms with van der Waals surface area (Å²) >= 11 is 5.18. The number of aromatic nitrogens is 2. The van der Waals surface area contributed by atoms with Gasteiger partial charge in [-0.25, -0.2) is 9.97 Å². The summed E-state index contributed by atoms with van der Waals surface area (Å²) in [6.07, 6.45) is 1.57. The van der Waals surface area contributed by atoms with E-state index >= 15 is 0 Å². The molecule has 0 saturated carbocycles. The summed E-state index contributed by atoms with van der Waals surface area (Å²) in [4.78, 5) is 23.2. The van der Waals surface area contributed by atoms with Crippen molar-refractivity contribution in [2.75, 3.05) is 19.8 Å². The van der Waals surface area contributed by atoms with Crippen molar-refractivity contribution in [3.8, 4) is 11.3 Å². The zero-order chi connectivity index (χ0) is 23.1. The second kappa shape index (κ2) is 10.5. The van der Waals surface area contributed by atoms with E-state index in [2.05, 4.69) is 25.8 Å². The third kappa shape index (κ3) is 5.86. The molecule has 0 fully saturated rings. The van der Waals surface area contributed by atoms with Crippen LogP contribution in [0.4, 0.5) is 5.82 Å². The number of benzene rings is 2. The number of thiocarbonyl (C=S) groups is 1. The maximum absolute atomic E-state index is 12.6. The molecule has 0 saturated heterocycles. The first-order valence-electron chi connectivity index (χ1n) is 9.92. The van der Waals surface area contributed by atoms with Crippen LogP contribution >= 0.6 is 12.2 Å². The molecule has 3 rings (SSSR count). The van der Waals surface area contributed by atoms with Gasteiger partial charge in [-0.05, 0) is 36.8 Å². The molecule has 1 heterocycles. The summed E-state index contributed by atoms with van der Waals surface area (Å²) in [6, 6.07) is 17.0. The van der Waals surface area contributed by atoms with Gasteiger partial charge in [-0.3, -0.25) is 10.2 Å². The number of hydrogen-bond donors (Lipinski definition) is 3. The quantitative estimate of drug-likeness (QED) is 0.303. The maximum atomic E-state index is 12.6. The third-order valence-electron chi connectivity index (χ3n) is 4.59. The molecule has 0 aliphatic rings. The number of nitrogens with zero attached hydrogens (tertiary/aromatic N) is 4. The van der Waals surface area contributed by atoms with Crippen LogP contribution in [0.3, 0.4) is 0 Å². The van der Waals surface area contributed by atoms with E-state index in [1.807, 2.05) is 56.6 Å². The van der Waals surface area contributed by atoms with E-state index in [1.54, 1.807) is 30.2 Å². The number of amides is 1. The van der Waals surface area contributed by atoms with Gasteiger partial charge in [0.1, 0.15) is 5.69 Å². The van der Waals surface area contributed by atoms with Crippen LogP contribution in [0, 0.1) is 0 Å². The number of nitrogen functional groups attached to an aromatic ring is 1. The molecule has 2 aromatic carbocycles. The van der Waals surface area contributed by atoms with Gasteiger partial charge in [-0.2, -0.15) is 5.10 Å². The van der Waals surface area contributed by atoms with Crippen LogP contribution in [-0.4, -0.2) is 45.7 Å². The second-order valence-electron chi connectivity index (χ2n) is 7.25. The van der Waals surface area contributed by atoms with Gasteiger partial charge in [-0.15, -0.1) is 0 Å². The van der Waals surface area contributed by atoms with Gasteiger partial charge >= 0.3 is 0 Å². The molecule has 0 bridgehead atoms. The lowest BCUT2D eigenvalue weighted by Gasteiger charge is -2.13. The molecule has 3 aromatic rings. The standard InChI is InChI=1S/C23H25N7OS/c1-15(28-29-23(32)30(2)3)20-21(24)25-14-19(27-20)17-10-7-11-18(12-17)22(31)26-13-16-8-5-4-6-9-16/h4-12,14H,13H2,1-3H3,(H2,24,25)(H,26,31)(H,29,32)/b28-15+. The molecule has 0 radical (unpaired) electrons. The number of hydrazone groups is 1. The van der Waals surface area contributed by atoms with Crippen molar-refractivity contribution < 1.29 is 4.79 Å². The number of hydrogen-bond acceptors (Lipinski definition) is 6. The highest BCUT2D eigenvalue weighted by Gasteiger charge is 2.12. The Labute approximate surface area is 192 Å². The Bertz CT molecular complexity index is 1150. The maximum Gasteiger partial charge on any atom is 0.251 e. The van der Waals surface area contributed by atoms with Crippen molar-refractivity contribution in [3.63, 3.8) is 0 Å². The lowest BCUT2D eigenvalue weighted by atomic mass is 10.1. The zero-order valence-corrected chi connectivity index (χ0v) is 19.0. The minimum atomic E-state index is -0.168. The predicted molar refractivity (Wildman–Crippen MR) is 131 cm³/mol. The van der Waals surface area contributed by atoms with Gasteiger partial charge in [-0.1, -0.05) is 42.5 Å². The summed E-state index contributed by atoms with van der Waals surface area (Å²) in [7, 11) is 3.63. The lowest BCUT2D eigenvalue weighted by molar-refractivity contribution is 0.0951. The number of nitrogens with one attached hydrogen (secondary N) is 2. The SMILES string of the molecule is C/C(=N\NC(=S)N(C)C)c1nc(-c2cccc(C(=O)NCc3ccccc3)c2)cnc1N. The highest BCUT2D eigenvalue weighted by Crippen LogP contribution is 2.20. The number of anilines is 1. The number of carbonyl (C=O) groups excluding carboxylic acids is 1. The normalized spacial score (nSPS) is 11.0. The van der Waals surface area contributed by atoms with Crippen LogP contribution in [0.5, 0.6) is 0 Å². The Kier molecular flexibility index (Phi) is 7.45.